The molecule has 0 amide bonds. The molecular formula is C15H20O3. The van der Waals surface area contributed by atoms with Crippen molar-refractivity contribution in [1.29, 1.82) is 0 Å². The summed E-state index contributed by atoms with van der Waals surface area (Å²) < 4.78 is 16.2. The average molecular weight is 248 g/mol. The molecule has 1 aliphatic heterocycles. The fourth-order valence-electron chi connectivity index (χ4n) is 1.98. The summed E-state index contributed by atoms with van der Waals surface area (Å²) in [6, 6.07) is 8.01. The predicted octanol–water partition coefficient (Wildman–Crippen LogP) is 3.25. The van der Waals surface area contributed by atoms with Gasteiger partial charge >= 0.3 is 0 Å². The topological polar surface area (TPSA) is 27.7 Å². The minimum Gasteiger partial charge on any atom is -0.497 e. The van der Waals surface area contributed by atoms with Crippen molar-refractivity contribution in [2.24, 2.45) is 0 Å². The number of rotatable bonds is 5. The van der Waals surface area contributed by atoms with Crippen molar-refractivity contribution in [2.45, 2.75) is 25.6 Å². The van der Waals surface area contributed by atoms with Gasteiger partial charge < -0.3 is 14.2 Å². The van der Waals surface area contributed by atoms with Crippen LogP contribution < -0.4 is 4.74 Å². The summed E-state index contributed by atoms with van der Waals surface area (Å²) in [6.45, 7) is 3.42. The number of hydrogen-bond donors (Lipinski definition) is 0. The zero-order chi connectivity index (χ0) is 12.8. The Morgan fingerprint density at radius 3 is 2.50 bits per heavy atom. The Morgan fingerprint density at radius 1 is 1.22 bits per heavy atom. The maximum Gasteiger partial charge on any atom is 0.166 e. The second-order valence-electron chi connectivity index (χ2n) is 4.54. The van der Waals surface area contributed by atoms with Crippen LogP contribution in [0.1, 0.15) is 25.3 Å². The molecule has 1 aromatic carbocycles. The lowest BCUT2D eigenvalue weighted by Gasteiger charge is -2.20. The van der Waals surface area contributed by atoms with E-state index in [1.807, 2.05) is 31.2 Å². The van der Waals surface area contributed by atoms with Gasteiger partial charge in [-0.3, -0.25) is 0 Å². The highest BCUT2D eigenvalue weighted by Crippen LogP contribution is 2.24. The number of methoxy groups -OCH3 is 1. The quantitative estimate of drug-likeness (QED) is 0.800. The van der Waals surface area contributed by atoms with Crippen LogP contribution in [0, 0.1) is 0 Å². The summed E-state index contributed by atoms with van der Waals surface area (Å²) in [5, 5.41) is 0. The van der Waals surface area contributed by atoms with Crippen molar-refractivity contribution in [3.63, 3.8) is 0 Å². The number of hydrogen-bond acceptors (Lipinski definition) is 3. The second kappa shape index (κ2) is 6.03. The van der Waals surface area contributed by atoms with Gasteiger partial charge in [0.25, 0.3) is 0 Å². The first-order valence-corrected chi connectivity index (χ1v) is 6.30. The molecule has 98 valence electrons. The Bertz CT molecular complexity index is 389. The number of allylic oxidation sites excluding steroid dienone is 1. The third kappa shape index (κ3) is 3.59. The van der Waals surface area contributed by atoms with Crippen molar-refractivity contribution in [2.75, 3.05) is 20.3 Å². The molecule has 1 heterocycles. The molecule has 0 aromatic heterocycles. The van der Waals surface area contributed by atoms with E-state index in [0.29, 0.717) is 13.2 Å². The van der Waals surface area contributed by atoms with E-state index < -0.39 is 0 Å². The molecule has 0 aliphatic carbocycles. The average Bonchev–Trinajstić information content (AvgIpc) is 2.83. The molecule has 0 radical (unpaired) electrons. The molecular weight excluding hydrogens is 228 g/mol. The summed E-state index contributed by atoms with van der Waals surface area (Å²) in [5.74, 6) is 0.497. The highest BCUT2D eigenvalue weighted by atomic mass is 16.7. The van der Waals surface area contributed by atoms with E-state index in [9.17, 15) is 0 Å². The standard InChI is InChI=1S/C15H20O3/c1-15(17-11-12-18-15)10-4-3-5-13-6-8-14(16-2)9-7-13/h3,5-9H,4,10-12H2,1-2H3/b5-3+. The molecule has 1 aliphatic rings. The molecule has 3 heteroatoms. The Balaban J connectivity index is 1.80. The van der Waals surface area contributed by atoms with Gasteiger partial charge in [0.2, 0.25) is 0 Å². The van der Waals surface area contributed by atoms with Gasteiger partial charge in [0.1, 0.15) is 5.75 Å². The summed E-state index contributed by atoms with van der Waals surface area (Å²) in [7, 11) is 1.67. The van der Waals surface area contributed by atoms with Gasteiger partial charge in [0, 0.05) is 6.42 Å². The second-order valence-corrected chi connectivity index (χ2v) is 4.54. The van der Waals surface area contributed by atoms with E-state index in [-0.39, 0.29) is 5.79 Å². The lowest BCUT2D eigenvalue weighted by Crippen LogP contribution is -2.24. The molecule has 0 atom stereocenters. The van der Waals surface area contributed by atoms with Crippen LogP contribution in [0.25, 0.3) is 6.08 Å². The highest BCUT2D eigenvalue weighted by molar-refractivity contribution is 5.50. The molecule has 1 saturated heterocycles. The van der Waals surface area contributed by atoms with Crippen LogP contribution in [0.5, 0.6) is 5.75 Å². The fraction of sp³-hybridized carbons (Fsp3) is 0.467. The fourth-order valence-corrected chi connectivity index (χ4v) is 1.98. The van der Waals surface area contributed by atoms with E-state index in [0.717, 1.165) is 18.6 Å². The Labute approximate surface area is 108 Å². The lowest BCUT2D eigenvalue weighted by atomic mass is 10.1. The molecule has 0 spiro atoms. The summed E-state index contributed by atoms with van der Waals surface area (Å²) in [6.07, 6.45) is 6.10. The van der Waals surface area contributed by atoms with E-state index in [4.69, 9.17) is 14.2 Å². The molecule has 0 N–H and O–H groups in total. The number of ether oxygens (including phenoxy) is 3. The van der Waals surface area contributed by atoms with Gasteiger partial charge in [-0.25, -0.2) is 0 Å². The maximum atomic E-state index is 5.55. The molecule has 1 aromatic rings. The summed E-state index contributed by atoms with van der Waals surface area (Å²) in [5.41, 5.74) is 1.18. The molecule has 0 bridgehead atoms. The molecule has 1 fully saturated rings. The highest BCUT2D eigenvalue weighted by Gasteiger charge is 2.29. The lowest BCUT2D eigenvalue weighted by molar-refractivity contribution is -0.145. The molecule has 0 saturated carbocycles. The Hall–Kier alpha value is -1.32. The van der Waals surface area contributed by atoms with Crippen molar-refractivity contribution in [1.82, 2.24) is 0 Å². The zero-order valence-corrected chi connectivity index (χ0v) is 11.0. The van der Waals surface area contributed by atoms with Crippen LogP contribution >= 0.6 is 0 Å². The van der Waals surface area contributed by atoms with Crippen LogP contribution in [0.3, 0.4) is 0 Å². The maximum absolute atomic E-state index is 5.55. The van der Waals surface area contributed by atoms with Gasteiger partial charge in [-0.05, 0) is 31.0 Å². The SMILES string of the molecule is COc1ccc(/C=C/CCC2(C)OCCO2)cc1. The van der Waals surface area contributed by atoms with Gasteiger partial charge in [-0.2, -0.15) is 0 Å². The van der Waals surface area contributed by atoms with Crippen molar-refractivity contribution in [3.05, 3.63) is 35.9 Å². The van der Waals surface area contributed by atoms with Gasteiger partial charge in [-0.15, -0.1) is 0 Å². The van der Waals surface area contributed by atoms with Gasteiger partial charge in [0.05, 0.1) is 20.3 Å². The van der Waals surface area contributed by atoms with Crippen LogP contribution in [0.2, 0.25) is 0 Å². The predicted molar refractivity (Wildman–Crippen MR) is 71.6 cm³/mol. The van der Waals surface area contributed by atoms with Crippen LogP contribution in [-0.4, -0.2) is 26.1 Å². The zero-order valence-electron chi connectivity index (χ0n) is 11.0. The first-order chi connectivity index (χ1) is 8.72. The molecule has 3 nitrogen and oxygen atoms in total. The third-order valence-corrected chi connectivity index (χ3v) is 3.09. The minimum absolute atomic E-state index is 0.385. The van der Waals surface area contributed by atoms with Crippen molar-refractivity contribution < 1.29 is 14.2 Å². The van der Waals surface area contributed by atoms with Crippen LogP contribution in [0.15, 0.2) is 30.3 Å². The monoisotopic (exact) mass is 248 g/mol. The molecule has 18 heavy (non-hydrogen) atoms. The van der Waals surface area contributed by atoms with Crippen molar-refractivity contribution in [3.8, 4) is 5.75 Å². The molecule has 0 unspecified atom stereocenters. The Morgan fingerprint density at radius 2 is 1.89 bits per heavy atom. The first kappa shape index (κ1) is 13.1. The third-order valence-electron chi connectivity index (χ3n) is 3.09. The largest absolute Gasteiger partial charge is 0.497 e. The first-order valence-electron chi connectivity index (χ1n) is 6.30. The van der Waals surface area contributed by atoms with Crippen LogP contribution in [-0.2, 0) is 9.47 Å². The van der Waals surface area contributed by atoms with Crippen LogP contribution in [0.4, 0.5) is 0 Å². The summed E-state index contributed by atoms with van der Waals surface area (Å²) >= 11 is 0. The van der Waals surface area contributed by atoms with E-state index >= 15 is 0 Å². The minimum atomic E-state index is -0.385. The summed E-state index contributed by atoms with van der Waals surface area (Å²) in [4.78, 5) is 0. The van der Waals surface area contributed by atoms with Gasteiger partial charge in [0.15, 0.2) is 5.79 Å². The number of benzene rings is 1. The Kier molecular flexibility index (Phi) is 4.39. The van der Waals surface area contributed by atoms with E-state index in [1.165, 1.54) is 5.56 Å². The van der Waals surface area contributed by atoms with Crippen molar-refractivity contribution >= 4 is 6.08 Å². The smallest absolute Gasteiger partial charge is 0.166 e. The van der Waals surface area contributed by atoms with Gasteiger partial charge in [-0.1, -0.05) is 24.3 Å². The normalized spacial score (nSPS) is 18.3. The van der Waals surface area contributed by atoms with E-state index in [1.54, 1.807) is 7.11 Å². The molecule has 2 rings (SSSR count). The van der Waals surface area contributed by atoms with E-state index in [2.05, 4.69) is 12.2 Å².